The van der Waals surface area contributed by atoms with Crippen LogP contribution in [0.5, 0.6) is 11.5 Å². The molecule has 0 bridgehead atoms. The van der Waals surface area contributed by atoms with Crippen molar-refractivity contribution < 1.29 is 27.8 Å². The minimum Gasteiger partial charge on any atom is -0.506 e. The molecule has 20 heavy (non-hydrogen) atoms. The minimum absolute atomic E-state index is 0.0228. The number of anilines is 1. The molecule has 1 aromatic carbocycles. The fourth-order valence-electron chi connectivity index (χ4n) is 1.39. The van der Waals surface area contributed by atoms with Crippen LogP contribution in [-0.4, -0.2) is 39.0 Å². The lowest BCUT2D eigenvalue weighted by atomic mass is 10.3. The van der Waals surface area contributed by atoms with Crippen LogP contribution in [0.25, 0.3) is 0 Å². The summed E-state index contributed by atoms with van der Waals surface area (Å²) >= 11 is 0. The van der Waals surface area contributed by atoms with Crippen LogP contribution in [0.4, 0.5) is 5.69 Å². The minimum atomic E-state index is -3.74. The summed E-state index contributed by atoms with van der Waals surface area (Å²) in [6.07, 6.45) is -0.250. The van der Waals surface area contributed by atoms with Crippen LogP contribution in [0.1, 0.15) is 13.3 Å². The summed E-state index contributed by atoms with van der Waals surface area (Å²) in [6.45, 7) is 1.84. The van der Waals surface area contributed by atoms with Crippen LogP contribution in [0.2, 0.25) is 0 Å². The zero-order valence-electron chi connectivity index (χ0n) is 11.3. The third-order valence-electron chi connectivity index (χ3n) is 2.35. The average Bonchev–Trinajstić information content (AvgIpc) is 2.39. The van der Waals surface area contributed by atoms with Gasteiger partial charge in [0.05, 0.1) is 31.6 Å². The van der Waals surface area contributed by atoms with Crippen molar-refractivity contribution in [3.63, 3.8) is 0 Å². The van der Waals surface area contributed by atoms with Crippen molar-refractivity contribution >= 4 is 21.7 Å². The van der Waals surface area contributed by atoms with Gasteiger partial charge in [-0.15, -0.1) is 0 Å². The number of hydrogen-bond donors (Lipinski definition) is 2. The normalized spacial score (nSPS) is 10.9. The largest absolute Gasteiger partial charge is 0.506 e. The Hall–Kier alpha value is -1.96. The Morgan fingerprint density at radius 1 is 1.40 bits per heavy atom. The predicted octanol–water partition coefficient (Wildman–Crippen LogP) is 1.10. The summed E-state index contributed by atoms with van der Waals surface area (Å²) in [5, 5.41) is 9.65. The third kappa shape index (κ3) is 4.96. The molecular weight excluding hydrogens is 286 g/mol. The highest BCUT2D eigenvalue weighted by molar-refractivity contribution is 7.92. The van der Waals surface area contributed by atoms with Crippen molar-refractivity contribution in [2.24, 2.45) is 0 Å². The Morgan fingerprint density at radius 2 is 2.10 bits per heavy atom. The molecule has 0 spiro atoms. The van der Waals surface area contributed by atoms with Crippen LogP contribution >= 0.6 is 0 Å². The van der Waals surface area contributed by atoms with E-state index in [0.717, 1.165) is 0 Å². The van der Waals surface area contributed by atoms with Gasteiger partial charge in [0.15, 0.2) is 0 Å². The summed E-state index contributed by atoms with van der Waals surface area (Å²) in [7, 11) is -2.31. The molecule has 2 N–H and O–H groups in total. The van der Waals surface area contributed by atoms with Gasteiger partial charge in [0.2, 0.25) is 10.0 Å². The van der Waals surface area contributed by atoms with Gasteiger partial charge in [-0.2, -0.15) is 0 Å². The molecule has 0 amide bonds. The molecular formula is C12H17NO6S. The Morgan fingerprint density at radius 3 is 2.65 bits per heavy atom. The Kier molecular flexibility index (Phi) is 5.63. The third-order valence-corrected chi connectivity index (χ3v) is 3.62. The number of carbonyl (C=O) groups is 1. The number of methoxy groups -OCH3 is 1. The van der Waals surface area contributed by atoms with Crippen molar-refractivity contribution in [2.45, 2.75) is 13.3 Å². The fraction of sp³-hybridized carbons (Fsp3) is 0.417. The SMILES string of the molecule is CCOC(=O)CCS(=O)(=O)Nc1ccc(OC)cc1O. The molecule has 0 atom stereocenters. The van der Waals surface area contributed by atoms with Gasteiger partial charge in [-0.05, 0) is 19.1 Å². The first kappa shape index (κ1) is 16.1. The Balaban J connectivity index is 2.69. The molecule has 0 saturated carbocycles. The summed E-state index contributed by atoms with van der Waals surface area (Å²) in [6, 6.07) is 4.15. The molecule has 0 unspecified atom stereocenters. The number of esters is 1. The quantitative estimate of drug-likeness (QED) is 0.577. The number of sulfonamides is 1. The second-order valence-electron chi connectivity index (χ2n) is 3.86. The molecule has 0 saturated heterocycles. The van der Waals surface area contributed by atoms with Crippen LogP contribution < -0.4 is 9.46 Å². The second-order valence-corrected chi connectivity index (χ2v) is 5.70. The summed E-state index contributed by atoms with van der Waals surface area (Å²) < 4.78 is 35.2. The first-order valence-corrected chi connectivity index (χ1v) is 7.56. The van der Waals surface area contributed by atoms with Crippen molar-refractivity contribution in [1.82, 2.24) is 0 Å². The van der Waals surface area contributed by atoms with E-state index in [1.54, 1.807) is 6.92 Å². The van der Waals surface area contributed by atoms with Crippen molar-refractivity contribution in [1.29, 1.82) is 0 Å². The van der Waals surface area contributed by atoms with Crippen molar-refractivity contribution in [3.05, 3.63) is 18.2 Å². The van der Waals surface area contributed by atoms with Gasteiger partial charge >= 0.3 is 5.97 Å². The van der Waals surface area contributed by atoms with Gasteiger partial charge in [0.25, 0.3) is 0 Å². The van der Waals surface area contributed by atoms with E-state index in [9.17, 15) is 18.3 Å². The number of benzene rings is 1. The van der Waals surface area contributed by atoms with Crippen LogP contribution in [0, 0.1) is 0 Å². The zero-order valence-corrected chi connectivity index (χ0v) is 12.1. The maximum Gasteiger partial charge on any atom is 0.306 e. The highest BCUT2D eigenvalue weighted by Crippen LogP contribution is 2.28. The lowest BCUT2D eigenvalue weighted by Crippen LogP contribution is -2.20. The molecule has 1 aromatic rings. The molecule has 0 aliphatic rings. The van der Waals surface area contributed by atoms with Crippen LogP contribution in [-0.2, 0) is 19.6 Å². The van der Waals surface area contributed by atoms with E-state index in [0.29, 0.717) is 5.75 Å². The van der Waals surface area contributed by atoms with Gasteiger partial charge < -0.3 is 14.6 Å². The molecule has 0 heterocycles. The fourth-order valence-corrected chi connectivity index (χ4v) is 2.44. The van der Waals surface area contributed by atoms with E-state index in [4.69, 9.17) is 4.74 Å². The standard InChI is InChI=1S/C12H17NO6S/c1-3-19-12(15)6-7-20(16,17)13-10-5-4-9(18-2)8-11(10)14/h4-5,8,13-14H,3,6-7H2,1-2H3. The summed E-state index contributed by atoms with van der Waals surface area (Å²) in [5.74, 6) is -0.866. The molecule has 0 fully saturated rings. The number of rotatable bonds is 7. The second kappa shape index (κ2) is 6.99. The highest BCUT2D eigenvalue weighted by atomic mass is 32.2. The maximum absolute atomic E-state index is 11.8. The number of hydrogen-bond acceptors (Lipinski definition) is 6. The average molecular weight is 303 g/mol. The monoisotopic (exact) mass is 303 g/mol. The molecule has 0 aliphatic heterocycles. The van der Waals surface area contributed by atoms with E-state index in [1.807, 2.05) is 0 Å². The molecule has 112 valence electrons. The number of aromatic hydroxyl groups is 1. The van der Waals surface area contributed by atoms with Crippen LogP contribution in [0.3, 0.4) is 0 Å². The number of ether oxygens (including phenoxy) is 2. The number of carbonyl (C=O) groups excluding carboxylic acids is 1. The number of nitrogens with one attached hydrogen (secondary N) is 1. The molecule has 8 heteroatoms. The topological polar surface area (TPSA) is 102 Å². The lowest BCUT2D eigenvalue weighted by Gasteiger charge is -2.10. The van der Waals surface area contributed by atoms with E-state index in [2.05, 4.69) is 9.46 Å². The van der Waals surface area contributed by atoms with Gasteiger partial charge in [-0.3, -0.25) is 9.52 Å². The Bertz CT molecular complexity index is 569. The van der Waals surface area contributed by atoms with E-state index < -0.39 is 21.7 Å². The van der Waals surface area contributed by atoms with Crippen molar-refractivity contribution in [2.75, 3.05) is 24.2 Å². The molecule has 0 aliphatic carbocycles. The van der Waals surface area contributed by atoms with E-state index in [1.165, 1.54) is 25.3 Å². The number of phenols is 1. The predicted molar refractivity (Wildman–Crippen MR) is 73.3 cm³/mol. The van der Waals surface area contributed by atoms with E-state index in [-0.39, 0.29) is 24.5 Å². The maximum atomic E-state index is 11.8. The van der Waals surface area contributed by atoms with Gasteiger partial charge in [-0.1, -0.05) is 0 Å². The molecule has 0 radical (unpaired) electrons. The Labute approximate surface area is 117 Å². The van der Waals surface area contributed by atoms with E-state index >= 15 is 0 Å². The molecule has 7 nitrogen and oxygen atoms in total. The molecule has 1 rings (SSSR count). The highest BCUT2D eigenvalue weighted by Gasteiger charge is 2.16. The zero-order chi connectivity index (χ0) is 15.2. The smallest absolute Gasteiger partial charge is 0.306 e. The lowest BCUT2D eigenvalue weighted by molar-refractivity contribution is -0.142. The number of phenolic OH excluding ortho intramolecular Hbond substituents is 1. The van der Waals surface area contributed by atoms with Gasteiger partial charge in [-0.25, -0.2) is 8.42 Å². The summed E-state index contributed by atoms with van der Waals surface area (Å²) in [4.78, 5) is 11.1. The van der Waals surface area contributed by atoms with Gasteiger partial charge in [0.1, 0.15) is 11.5 Å². The molecule has 0 aromatic heterocycles. The first-order valence-electron chi connectivity index (χ1n) is 5.91. The first-order chi connectivity index (χ1) is 9.38. The van der Waals surface area contributed by atoms with Crippen molar-refractivity contribution in [3.8, 4) is 11.5 Å². The van der Waals surface area contributed by atoms with Crippen LogP contribution in [0.15, 0.2) is 18.2 Å². The summed E-state index contributed by atoms with van der Waals surface area (Å²) in [5.41, 5.74) is 0.0228. The van der Waals surface area contributed by atoms with Gasteiger partial charge in [0, 0.05) is 6.07 Å².